The predicted octanol–water partition coefficient (Wildman–Crippen LogP) is 3.10. The third-order valence-electron chi connectivity index (χ3n) is 3.88. The molecule has 2 rings (SSSR count). The second-order valence-electron chi connectivity index (χ2n) is 5.44. The lowest BCUT2D eigenvalue weighted by Gasteiger charge is -2.15. The number of ether oxygens (including phenoxy) is 1. The van der Waals surface area contributed by atoms with Crippen LogP contribution in [0.25, 0.3) is 0 Å². The van der Waals surface area contributed by atoms with E-state index in [4.69, 9.17) is 14.3 Å². The van der Waals surface area contributed by atoms with Crippen molar-refractivity contribution in [3.8, 4) is 5.75 Å². The van der Waals surface area contributed by atoms with Crippen molar-refractivity contribution in [3.63, 3.8) is 0 Å². The molecular weight excluding hydrogens is 310 g/mol. The van der Waals surface area contributed by atoms with Crippen molar-refractivity contribution < 1.29 is 23.8 Å². The lowest BCUT2D eigenvalue weighted by Crippen LogP contribution is -2.28. The zero-order valence-corrected chi connectivity index (χ0v) is 14.0. The molecular formula is C18H21NO5. The largest absolute Gasteiger partial charge is 0.497 e. The van der Waals surface area contributed by atoms with Gasteiger partial charge in [0, 0.05) is 0 Å². The molecule has 2 aromatic rings. The third-order valence-corrected chi connectivity index (χ3v) is 3.88. The Labute approximate surface area is 140 Å². The third kappa shape index (κ3) is 3.95. The summed E-state index contributed by atoms with van der Waals surface area (Å²) in [4.78, 5) is 23.4. The van der Waals surface area contributed by atoms with Gasteiger partial charge in [-0.3, -0.25) is 4.79 Å². The van der Waals surface area contributed by atoms with Gasteiger partial charge in [0.25, 0.3) is 0 Å². The zero-order chi connectivity index (χ0) is 17.7. The lowest BCUT2D eigenvalue weighted by molar-refractivity contribution is -0.122. The Balaban J connectivity index is 2.03. The monoisotopic (exact) mass is 331 g/mol. The fourth-order valence-electron chi connectivity index (χ4n) is 2.55. The minimum absolute atomic E-state index is 0.112. The molecule has 128 valence electrons. The maximum absolute atomic E-state index is 12.4. The van der Waals surface area contributed by atoms with Gasteiger partial charge in [-0.25, -0.2) is 4.79 Å². The van der Waals surface area contributed by atoms with Crippen LogP contribution >= 0.6 is 0 Å². The van der Waals surface area contributed by atoms with Crippen LogP contribution in [0.4, 0.5) is 0 Å². The summed E-state index contributed by atoms with van der Waals surface area (Å²) < 4.78 is 10.5. The lowest BCUT2D eigenvalue weighted by atomic mass is 9.95. The predicted molar refractivity (Wildman–Crippen MR) is 88.3 cm³/mol. The van der Waals surface area contributed by atoms with Gasteiger partial charge in [0.05, 0.1) is 19.6 Å². The van der Waals surface area contributed by atoms with E-state index in [0.29, 0.717) is 17.9 Å². The first-order valence-electron chi connectivity index (χ1n) is 7.70. The Morgan fingerprint density at radius 1 is 1.29 bits per heavy atom. The van der Waals surface area contributed by atoms with E-state index in [0.717, 1.165) is 11.3 Å². The molecule has 0 aliphatic rings. The summed E-state index contributed by atoms with van der Waals surface area (Å²) >= 11 is 0. The average Bonchev–Trinajstić information content (AvgIpc) is 2.95. The second-order valence-corrected chi connectivity index (χ2v) is 5.44. The number of methoxy groups -OCH3 is 1. The van der Waals surface area contributed by atoms with Crippen molar-refractivity contribution in [1.82, 2.24) is 5.32 Å². The van der Waals surface area contributed by atoms with Crippen LogP contribution in [0.15, 0.2) is 34.7 Å². The van der Waals surface area contributed by atoms with Crippen LogP contribution in [-0.4, -0.2) is 24.1 Å². The number of amides is 1. The minimum Gasteiger partial charge on any atom is -0.497 e. The van der Waals surface area contributed by atoms with Crippen LogP contribution in [0.3, 0.4) is 0 Å². The maximum Gasteiger partial charge on any atom is 0.339 e. The highest BCUT2D eigenvalue weighted by Gasteiger charge is 2.20. The summed E-state index contributed by atoms with van der Waals surface area (Å²) in [6, 6.07) is 8.81. The normalized spacial score (nSPS) is 11.8. The first kappa shape index (κ1) is 17.6. The van der Waals surface area contributed by atoms with Crippen molar-refractivity contribution in [2.24, 2.45) is 0 Å². The van der Waals surface area contributed by atoms with E-state index in [1.165, 1.54) is 6.07 Å². The van der Waals surface area contributed by atoms with Crippen LogP contribution in [-0.2, 0) is 11.3 Å². The first-order chi connectivity index (χ1) is 11.5. The van der Waals surface area contributed by atoms with Crippen LogP contribution in [0.5, 0.6) is 5.75 Å². The van der Waals surface area contributed by atoms with Gasteiger partial charge in [0.2, 0.25) is 5.91 Å². The van der Waals surface area contributed by atoms with Gasteiger partial charge in [-0.05, 0) is 37.1 Å². The molecule has 2 N–H and O–H groups in total. The van der Waals surface area contributed by atoms with Crippen molar-refractivity contribution in [2.45, 2.75) is 32.7 Å². The highest BCUT2D eigenvalue weighted by molar-refractivity contribution is 5.89. The van der Waals surface area contributed by atoms with Crippen LogP contribution in [0.1, 0.15) is 46.7 Å². The molecule has 6 nitrogen and oxygen atoms in total. The number of carbonyl (C=O) groups is 2. The second kappa shape index (κ2) is 7.68. The number of nitrogens with one attached hydrogen (secondary N) is 1. The highest BCUT2D eigenvalue weighted by Crippen LogP contribution is 2.23. The quantitative estimate of drug-likeness (QED) is 0.814. The molecule has 0 saturated carbocycles. The van der Waals surface area contributed by atoms with Gasteiger partial charge >= 0.3 is 5.97 Å². The summed E-state index contributed by atoms with van der Waals surface area (Å²) in [7, 11) is 1.59. The Kier molecular flexibility index (Phi) is 5.63. The summed E-state index contributed by atoms with van der Waals surface area (Å²) in [5.74, 6) is 0.0241. The molecule has 1 atom stereocenters. The van der Waals surface area contributed by atoms with E-state index in [-0.39, 0.29) is 23.9 Å². The molecule has 0 fully saturated rings. The molecule has 0 radical (unpaired) electrons. The molecule has 1 aromatic carbocycles. The SMILES string of the molecule is CCC(C(=O)NCc1cc(C(=O)O)c(C)o1)c1ccc(OC)cc1. The molecule has 0 aliphatic heterocycles. The van der Waals surface area contributed by atoms with E-state index in [1.807, 2.05) is 31.2 Å². The molecule has 24 heavy (non-hydrogen) atoms. The zero-order valence-electron chi connectivity index (χ0n) is 14.0. The summed E-state index contributed by atoms with van der Waals surface area (Å²) in [5.41, 5.74) is 1.01. The Hall–Kier alpha value is -2.76. The fourth-order valence-corrected chi connectivity index (χ4v) is 2.55. The minimum atomic E-state index is -1.04. The Bertz CT molecular complexity index is 718. The van der Waals surface area contributed by atoms with E-state index >= 15 is 0 Å². The Morgan fingerprint density at radius 2 is 1.96 bits per heavy atom. The average molecular weight is 331 g/mol. The van der Waals surface area contributed by atoms with Crippen LogP contribution in [0, 0.1) is 6.92 Å². The van der Waals surface area contributed by atoms with E-state index in [2.05, 4.69) is 5.32 Å². The van der Waals surface area contributed by atoms with Crippen molar-refractivity contribution in [1.29, 1.82) is 0 Å². The molecule has 1 unspecified atom stereocenters. The summed E-state index contributed by atoms with van der Waals surface area (Å²) in [6.07, 6.45) is 0.649. The van der Waals surface area contributed by atoms with Crippen molar-refractivity contribution >= 4 is 11.9 Å². The number of aromatic carboxylic acids is 1. The standard InChI is InChI=1S/C18H21NO5/c1-4-15(12-5-7-13(23-3)8-6-12)17(20)19-10-14-9-16(18(21)22)11(2)24-14/h5-9,15H,4,10H2,1-3H3,(H,19,20)(H,21,22). The van der Waals surface area contributed by atoms with Gasteiger partial charge in [-0.1, -0.05) is 19.1 Å². The van der Waals surface area contributed by atoms with Crippen molar-refractivity contribution in [2.75, 3.05) is 7.11 Å². The maximum atomic E-state index is 12.4. The van der Waals surface area contributed by atoms with Gasteiger partial charge in [0.15, 0.2) is 0 Å². The topological polar surface area (TPSA) is 88.8 Å². The van der Waals surface area contributed by atoms with Crippen LogP contribution in [0.2, 0.25) is 0 Å². The van der Waals surface area contributed by atoms with Crippen LogP contribution < -0.4 is 10.1 Å². The molecule has 0 saturated heterocycles. The summed E-state index contributed by atoms with van der Waals surface area (Å²) in [5, 5.41) is 11.8. The number of aryl methyl sites for hydroxylation is 1. The molecule has 0 spiro atoms. The highest BCUT2D eigenvalue weighted by atomic mass is 16.5. The number of carboxylic acids is 1. The number of carbonyl (C=O) groups excluding carboxylic acids is 1. The number of rotatable bonds is 7. The first-order valence-corrected chi connectivity index (χ1v) is 7.70. The number of hydrogen-bond donors (Lipinski definition) is 2. The van der Waals surface area contributed by atoms with E-state index in [1.54, 1.807) is 14.0 Å². The smallest absolute Gasteiger partial charge is 0.339 e. The van der Waals surface area contributed by atoms with Gasteiger partial charge in [0.1, 0.15) is 22.8 Å². The number of furan rings is 1. The molecule has 1 amide bonds. The number of hydrogen-bond acceptors (Lipinski definition) is 4. The molecule has 0 aliphatic carbocycles. The van der Waals surface area contributed by atoms with Gasteiger partial charge < -0.3 is 19.6 Å². The van der Waals surface area contributed by atoms with Gasteiger partial charge in [-0.15, -0.1) is 0 Å². The van der Waals surface area contributed by atoms with E-state index < -0.39 is 5.97 Å². The van der Waals surface area contributed by atoms with E-state index in [9.17, 15) is 9.59 Å². The molecule has 1 heterocycles. The molecule has 1 aromatic heterocycles. The number of benzene rings is 1. The number of carboxylic acid groups (broad SMARTS) is 1. The van der Waals surface area contributed by atoms with Gasteiger partial charge in [-0.2, -0.15) is 0 Å². The molecule has 6 heteroatoms. The Morgan fingerprint density at radius 3 is 2.46 bits per heavy atom. The molecule has 0 bridgehead atoms. The summed E-state index contributed by atoms with van der Waals surface area (Å²) in [6.45, 7) is 3.68. The fraction of sp³-hybridized carbons (Fsp3) is 0.333. The van der Waals surface area contributed by atoms with Crippen molar-refractivity contribution in [3.05, 3.63) is 53.0 Å².